The molecule has 0 unspecified atom stereocenters. The van der Waals surface area contributed by atoms with E-state index in [2.05, 4.69) is 6.92 Å². The normalized spacial score (nSPS) is 29.6. The number of carbonyl (C=O) groups excluding carboxylic acids is 1. The summed E-state index contributed by atoms with van der Waals surface area (Å²) in [5.74, 6) is -1.53. The van der Waals surface area contributed by atoms with E-state index in [4.69, 9.17) is 0 Å². The highest BCUT2D eigenvalue weighted by Crippen LogP contribution is 2.36. The lowest BCUT2D eigenvalue weighted by Crippen LogP contribution is -2.21. The highest BCUT2D eigenvalue weighted by Gasteiger charge is 2.39. The van der Waals surface area contributed by atoms with E-state index in [0.29, 0.717) is 19.3 Å². The molecule has 23 heavy (non-hydrogen) atoms. The van der Waals surface area contributed by atoms with Crippen molar-refractivity contribution in [3.63, 3.8) is 0 Å². The molecule has 1 aliphatic carbocycles. The van der Waals surface area contributed by atoms with E-state index < -0.39 is 24.3 Å². The summed E-state index contributed by atoms with van der Waals surface area (Å²) in [6.45, 7) is 2.11. The Morgan fingerprint density at radius 1 is 1.26 bits per heavy atom. The van der Waals surface area contributed by atoms with Crippen molar-refractivity contribution in [2.45, 2.75) is 70.2 Å². The lowest BCUT2D eigenvalue weighted by atomic mass is 9.89. The standard InChI is InChI=1S/C18H30O5/c1-2-3-4-7-13(19)10-11-15-14(16(20)12-17(15)21)8-5-6-9-18(22)23/h5-6,10-11,13-17,19-21H,2-4,7-9,12H2,1H3,(H,22,23)/p-1/b6-5-,11-10+/t13-,14-,15+,16-,17+/m0/s1. The zero-order valence-corrected chi connectivity index (χ0v) is 13.8. The number of carboxylic acid groups (broad SMARTS) is 1. The summed E-state index contributed by atoms with van der Waals surface area (Å²) < 4.78 is 0. The van der Waals surface area contributed by atoms with Crippen LogP contribution in [0.2, 0.25) is 0 Å². The molecule has 0 aromatic carbocycles. The molecule has 5 heteroatoms. The maximum atomic E-state index is 10.4. The number of hydrogen-bond donors (Lipinski definition) is 3. The predicted molar refractivity (Wildman–Crippen MR) is 86.3 cm³/mol. The van der Waals surface area contributed by atoms with E-state index in [1.54, 1.807) is 18.2 Å². The second-order valence-corrected chi connectivity index (χ2v) is 6.34. The number of aliphatic hydroxyl groups excluding tert-OH is 3. The van der Waals surface area contributed by atoms with Gasteiger partial charge in [0, 0.05) is 24.7 Å². The van der Waals surface area contributed by atoms with Crippen molar-refractivity contribution in [2.75, 3.05) is 0 Å². The summed E-state index contributed by atoms with van der Waals surface area (Å²) in [7, 11) is 0. The first kappa shape index (κ1) is 19.9. The first-order valence-corrected chi connectivity index (χ1v) is 8.53. The maximum absolute atomic E-state index is 10.4. The molecule has 0 aromatic heterocycles. The van der Waals surface area contributed by atoms with Gasteiger partial charge in [-0.3, -0.25) is 0 Å². The molecule has 1 aliphatic rings. The Hall–Kier alpha value is -1.17. The van der Waals surface area contributed by atoms with Gasteiger partial charge in [0.1, 0.15) is 0 Å². The number of aliphatic carboxylic acids is 1. The van der Waals surface area contributed by atoms with E-state index in [1.807, 2.05) is 0 Å². The number of rotatable bonds is 10. The molecule has 0 amide bonds. The summed E-state index contributed by atoms with van der Waals surface area (Å²) in [5, 5.41) is 40.4. The number of carbonyl (C=O) groups is 1. The van der Waals surface area contributed by atoms with Gasteiger partial charge in [-0.1, -0.05) is 50.5 Å². The lowest BCUT2D eigenvalue weighted by Gasteiger charge is -2.19. The molecule has 0 spiro atoms. The number of allylic oxidation sites excluding steroid dienone is 1. The highest BCUT2D eigenvalue weighted by molar-refractivity contribution is 5.66. The van der Waals surface area contributed by atoms with Crippen molar-refractivity contribution in [1.82, 2.24) is 0 Å². The van der Waals surface area contributed by atoms with Crippen LogP contribution in [-0.2, 0) is 4.79 Å². The molecular weight excluding hydrogens is 296 g/mol. The number of hydrogen-bond acceptors (Lipinski definition) is 5. The second-order valence-electron chi connectivity index (χ2n) is 6.34. The largest absolute Gasteiger partial charge is 0.550 e. The fourth-order valence-electron chi connectivity index (χ4n) is 3.10. The van der Waals surface area contributed by atoms with Crippen LogP contribution >= 0.6 is 0 Å². The molecule has 0 saturated heterocycles. The summed E-state index contributed by atoms with van der Waals surface area (Å²) in [6, 6.07) is 0. The molecule has 5 nitrogen and oxygen atoms in total. The molecule has 132 valence electrons. The van der Waals surface area contributed by atoms with Gasteiger partial charge in [0.05, 0.1) is 18.3 Å². The van der Waals surface area contributed by atoms with Gasteiger partial charge in [-0.15, -0.1) is 0 Å². The Morgan fingerprint density at radius 3 is 2.65 bits per heavy atom. The van der Waals surface area contributed by atoms with Gasteiger partial charge in [0.2, 0.25) is 0 Å². The molecule has 0 aliphatic heterocycles. The van der Waals surface area contributed by atoms with Crippen LogP contribution in [0.4, 0.5) is 0 Å². The summed E-state index contributed by atoms with van der Waals surface area (Å²) >= 11 is 0. The molecule has 1 fully saturated rings. The number of carboxylic acids is 1. The monoisotopic (exact) mass is 325 g/mol. The summed E-state index contributed by atoms with van der Waals surface area (Å²) in [5.41, 5.74) is 0. The van der Waals surface area contributed by atoms with Crippen LogP contribution < -0.4 is 5.11 Å². The molecule has 1 rings (SSSR count). The third-order valence-electron chi connectivity index (χ3n) is 4.43. The molecule has 3 N–H and O–H groups in total. The Morgan fingerprint density at radius 2 is 2.00 bits per heavy atom. The van der Waals surface area contributed by atoms with Gasteiger partial charge in [-0.25, -0.2) is 0 Å². The Balaban J connectivity index is 2.54. The zero-order valence-electron chi connectivity index (χ0n) is 13.8. The molecule has 0 heterocycles. The van der Waals surface area contributed by atoms with E-state index in [9.17, 15) is 25.2 Å². The number of unbranched alkanes of at least 4 members (excludes halogenated alkanes) is 2. The van der Waals surface area contributed by atoms with E-state index in [0.717, 1.165) is 19.3 Å². The van der Waals surface area contributed by atoms with Gasteiger partial charge in [-0.2, -0.15) is 0 Å². The van der Waals surface area contributed by atoms with Crippen LogP contribution in [0, 0.1) is 11.8 Å². The SMILES string of the molecule is CCCCC[C@H](O)/C=C/[C@@H]1[C@H](C/C=C\CC(=O)[O-])[C@@H](O)C[C@H]1O. The van der Waals surface area contributed by atoms with Gasteiger partial charge in [0.15, 0.2) is 0 Å². The predicted octanol–water partition coefficient (Wildman–Crippen LogP) is 0.928. The molecule has 5 atom stereocenters. The summed E-state index contributed by atoms with van der Waals surface area (Å²) in [4.78, 5) is 10.4. The smallest absolute Gasteiger partial charge is 0.0721 e. The fraction of sp³-hybridized carbons (Fsp3) is 0.722. The average Bonchev–Trinajstić information content (AvgIpc) is 2.75. The van der Waals surface area contributed by atoms with Crippen LogP contribution in [-0.4, -0.2) is 39.6 Å². The maximum Gasteiger partial charge on any atom is 0.0721 e. The number of aliphatic hydroxyl groups is 3. The van der Waals surface area contributed by atoms with Gasteiger partial charge in [0.25, 0.3) is 0 Å². The van der Waals surface area contributed by atoms with Gasteiger partial charge >= 0.3 is 0 Å². The van der Waals surface area contributed by atoms with Gasteiger partial charge < -0.3 is 25.2 Å². The third-order valence-corrected chi connectivity index (χ3v) is 4.43. The van der Waals surface area contributed by atoms with E-state index in [-0.39, 0.29) is 18.3 Å². The minimum atomic E-state index is -1.14. The molecule has 0 aromatic rings. The Labute approximate surface area is 138 Å². The van der Waals surface area contributed by atoms with Crippen molar-refractivity contribution in [1.29, 1.82) is 0 Å². The van der Waals surface area contributed by atoms with Crippen molar-refractivity contribution < 1.29 is 25.2 Å². The highest BCUT2D eigenvalue weighted by atomic mass is 16.4. The molecule has 0 radical (unpaired) electrons. The van der Waals surface area contributed by atoms with Crippen molar-refractivity contribution in [3.8, 4) is 0 Å². The van der Waals surface area contributed by atoms with E-state index >= 15 is 0 Å². The van der Waals surface area contributed by atoms with Crippen LogP contribution in [0.5, 0.6) is 0 Å². The topological polar surface area (TPSA) is 101 Å². The Bertz CT molecular complexity index is 404. The fourth-order valence-corrected chi connectivity index (χ4v) is 3.10. The average molecular weight is 325 g/mol. The third kappa shape index (κ3) is 7.29. The Kier molecular flexibility index (Phi) is 9.14. The minimum Gasteiger partial charge on any atom is -0.550 e. The lowest BCUT2D eigenvalue weighted by molar-refractivity contribution is -0.304. The van der Waals surface area contributed by atoms with Crippen molar-refractivity contribution >= 4 is 5.97 Å². The zero-order chi connectivity index (χ0) is 17.2. The minimum absolute atomic E-state index is 0.151. The molecule has 1 saturated carbocycles. The van der Waals surface area contributed by atoms with Crippen LogP contribution in [0.3, 0.4) is 0 Å². The second kappa shape index (κ2) is 10.6. The first-order chi connectivity index (χ1) is 11.0. The van der Waals surface area contributed by atoms with Crippen molar-refractivity contribution in [2.24, 2.45) is 11.8 Å². The molecule has 0 bridgehead atoms. The van der Waals surface area contributed by atoms with Crippen molar-refractivity contribution in [3.05, 3.63) is 24.3 Å². The van der Waals surface area contributed by atoms with E-state index in [1.165, 1.54) is 6.08 Å². The van der Waals surface area contributed by atoms with Crippen LogP contribution in [0.25, 0.3) is 0 Å². The van der Waals surface area contributed by atoms with Crippen LogP contribution in [0.1, 0.15) is 51.9 Å². The summed E-state index contributed by atoms with van der Waals surface area (Å²) in [6.07, 6.45) is 9.44. The quantitative estimate of drug-likeness (QED) is 0.410. The first-order valence-electron chi connectivity index (χ1n) is 8.53. The van der Waals surface area contributed by atoms with Gasteiger partial charge in [-0.05, 0) is 18.8 Å². The molecular formula is C18H29O5-. The van der Waals surface area contributed by atoms with Crippen LogP contribution in [0.15, 0.2) is 24.3 Å².